The van der Waals surface area contributed by atoms with Crippen LogP contribution in [-0.2, 0) is 22.6 Å². The van der Waals surface area contributed by atoms with Gasteiger partial charge in [-0.1, -0.05) is 60.7 Å². The van der Waals surface area contributed by atoms with E-state index in [0.29, 0.717) is 19.4 Å². The highest BCUT2D eigenvalue weighted by atomic mass is 16.3. The smallest absolute Gasteiger partial charge is 0.242 e. The van der Waals surface area contributed by atoms with Crippen LogP contribution in [0.2, 0.25) is 0 Å². The molecule has 0 aliphatic rings. The molecule has 0 saturated carbocycles. The van der Waals surface area contributed by atoms with E-state index >= 15 is 0 Å². The number of aliphatic hydroxyl groups excluding tert-OH is 1. The molecule has 5 heteroatoms. The van der Waals surface area contributed by atoms with Crippen molar-refractivity contribution in [1.29, 1.82) is 0 Å². The average molecular weight is 354 g/mol. The molecule has 0 aromatic heterocycles. The summed E-state index contributed by atoms with van der Waals surface area (Å²) in [6.45, 7) is 2.15. The molecule has 5 nitrogen and oxygen atoms in total. The van der Waals surface area contributed by atoms with E-state index in [1.54, 1.807) is 11.8 Å². The lowest BCUT2D eigenvalue weighted by atomic mass is 10.1. The lowest BCUT2D eigenvalue weighted by molar-refractivity contribution is -0.140. The molecule has 2 aromatic rings. The number of aryl methyl sites for hydroxylation is 1. The molecule has 0 bridgehead atoms. The van der Waals surface area contributed by atoms with E-state index < -0.39 is 6.04 Å². The van der Waals surface area contributed by atoms with Gasteiger partial charge < -0.3 is 15.3 Å². The Morgan fingerprint density at radius 1 is 1.00 bits per heavy atom. The Morgan fingerprint density at radius 3 is 2.15 bits per heavy atom. The minimum Gasteiger partial charge on any atom is -0.395 e. The van der Waals surface area contributed by atoms with Crippen LogP contribution in [0.25, 0.3) is 0 Å². The Kier molecular flexibility index (Phi) is 7.83. The van der Waals surface area contributed by atoms with Crippen molar-refractivity contribution < 1.29 is 14.7 Å². The summed E-state index contributed by atoms with van der Waals surface area (Å²) in [5.41, 5.74) is 2.07. The van der Waals surface area contributed by atoms with E-state index in [0.717, 1.165) is 11.1 Å². The number of amides is 2. The van der Waals surface area contributed by atoms with Gasteiger partial charge in [0.2, 0.25) is 11.8 Å². The van der Waals surface area contributed by atoms with E-state index in [1.807, 2.05) is 60.7 Å². The summed E-state index contributed by atoms with van der Waals surface area (Å²) in [5, 5.41) is 11.5. The Morgan fingerprint density at radius 2 is 1.58 bits per heavy atom. The third kappa shape index (κ3) is 6.01. The quantitative estimate of drug-likeness (QED) is 0.725. The zero-order valence-electron chi connectivity index (χ0n) is 15.1. The fourth-order valence-corrected chi connectivity index (χ4v) is 2.73. The predicted octanol–water partition coefficient (Wildman–Crippen LogP) is 2.14. The van der Waals surface area contributed by atoms with Gasteiger partial charge in [0.1, 0.15) is 6.04 Å². The van der Waals surface area contributed by atoms with Crippen molar-refractivity contribution in [3.63, 3.8) is 0 Å². The first-order chi connectivity index (χ1) is 12.6. The number of carbonyl (C=O) groups excluding carboxylic acids is 2. The van der Waals surface area contributed by atoms with Crippen molar-refractivity contribution in [3.05, 3.63) is 71.8 Å². The molecule has 1 atom stereocenters. The monoisotopic (exact) mass is 354 g/mol. The minimum absolute atomic E-state index is 0.0654. The SMILES string of the molecule is CC(C(=O)NCCO)N(Cc1ccccc1)C(=O)CCc1ccccc1. The largest absolute Gasteiger partial charge is 0.395 e. The second-order valence-corrected chi connectivity index (χ2v) is 6.18. The number of nitrogens with zero attached hydrogens (tertiary/aromatic N) is 1. The zero-order valence-corrected chi connectivity index (χ0v) is 15.1. The van der Waals surface area contributed by atoms with Gasteiger partial charge in [0, 0.05) is 19.5 Å². The van der Waals surface area contributed by atoms with Crippen LogP contribution >= 0.6 is 0 Å². The normalized spacial score (nSPS) is 11.6. The van der Waals surface area contributed by atoms with Crippen molar-refractivity contribution >= 4 is 11.8 Å². The highest BCUT2D eigenvalue weighted by molar-refractivity contribution is 5.87. The van der Waals surface area contributed by atoms with Crippen molar-refractivity contribution in [2.75, 3.05) is 13.2 Å². The molecule has 0 aliphatic heterocycles. The number of benzene rings is 2. The molecule has 0 heterocycles. The first-order valence-electron chi connectivity index (χ1n) is 8.87. The summed E-state index contributed by atoms with van der Waals surface area (Å²) in [4.78, 5) is 26.7. The highest BCUT2D eigenvalue weighted by Gasteiger charge is 2.25. The van der Waals surface area contributed by atoms with E-state index in [4.69, 9.17) is 5.11 Å². The molecular weight excluding hydrogens is 328 g/mol. The Balaban J connectivity index is 2.07. The van der Waals surface area contributed by atoms with Gasteiger partial charge in [-0.3, -0.25) is 9.59 Å². The fourth-order valence-electron chi connectivity index (χ4n) is 2.73. The van der Waals surface area contributed by atoms with Gasteiger partial charge in [-0.05, 0) is 24.5 Å². The number of hydrogen-bond donors (Lipinski definition) is 2. The van der Waals surface area contributed by atoms with Gasteiger partial charge in [-0.25, -0.2) is 0 Å². The second kappa shape index (κ2) is 10.4. The van der Waals surface area contributed by atoms with Crippen molar-refractivity contribution in [2.24, 2.45) is 0 Å². The Bertz CT molecular complexity index is 689. The fraction of sp³-hybridized carbons (Fsp3) is 0.333. The average Bonchev–Trinajstić information content (AvgIpc) is 2.69. The van der Waals surface area contributed by atoms with Crippen LogP contribution in [0.3, 0.4) is 0 Å². The van der Waals surface area contributed by atoms with Crippen LogP contribution in [-0.4, -0.2) is 41.0 Å². The van der Waals surface area contributed by atoms with Gasteiger partial charge >= 0.3 is 0 Å². The maximum atomic E-state index is 12.8. The molecule has 0 aliphatic carbocycles. The van der Waals surface area contributed by atoms with Gasteiger partial charge in [0.15, 0.2) is 0 Å². The van der Waals surface area contributed by atoms with E-state index in [9.17, 15) is 9.59 Å². The van der Waals surface area contributed by atoms with Crippen LogP contribution < -0.4 is 5.32 Å². The van der Waals surface area contributed by atoms with Crippen molar-refractivity contribution in [3.8, 4) is 0 Å². The molecule has 1 unspecified atom stereocenters. The third-order valence-corrected chi connectivity index (χ3v) is 4.24. The van der Waals surface area contributed by atoms with Crippen molar-refractivity contribution in [2.45, 2.75) is 32.4 Å². The van der Waals surface area contributed by atoms with Gasteiger partial charge in [-0.2, -0.15) is 0 Å². The molecule has 2 N–H and O–H groups in total. The lowest BCUT2D eigenvalue weighted by Crippen LogP contribution is -2.48. The van der Waals surface area contributed by atoms with Crippen LogP contribution in [0.15, 0.2) is 60.7 Å². The summed E-state index contributed by atoms with van der Waals surface area (Å²) in [6, 6.07) is 18.9. The number of nitrogens with one attached hydrogen (secondary N) is 1. The summed E-state index contributed by atoms with van der Waals surface area (Å²) in [6.07, 6.45) is 0.977. The van der Waals surface area contributed by atoms with Crippen molar-refractivity contribution in [1.82, 2.24) is 10.2 Å². The number of carbonyl (C=O) groups is 2. The molecule has 138 valence electrons. The number of aliphatic hydroxyl groups is 1. The van der Waals surface area contributed by atoms with Gasteiger partial charge in [-0.15, -0.1) is 0 Å². The summed E-state index contributed by atoms with van der Waals surface area (Å²) in [5.74, 6) is -0.326. The molecule has 2 rings (SSSR count). The Hall–Kier alpha value is -2.66. The summed E-state index contributed by atoms with van der Waals surface area (Å²) >= 11 is 0. The zero-order chi connectivity index (χ0) is 18.8. The van der Waals surface area contributed by atoms with Crippen LogP contribution in [0.1, 0.15) is 24.5 Å². The maximum absolute atomic E-state index is 12.8. The van der Waals surface area contributed by atoms with Crippen LogP contribution in [0.4, 0.5) is 0 Å². The molecule has 26 heavy (non-hydrogen) atoms. The number of hydrogen-bond acceptors (Lipinski definition) is 3. The molecule has 0 radical (unpaired) electrons. The molecule has 0 saturated heterocycles. The van der Waals surface area contributed by atoms with E-state index in [2.05, 4.69) is 5.32 Å². The predicted molar refractivity (Wildman–Crippen MR) is 101 cm³/mol. The second-order valence-electron chi connectivity index (χ2n) is 6.18. The summed E-state index contributed by atoms with van der Waals surface area (Å²) < 4.78 is 0. The third-order valence-electron chi connectivity index (χ3n) is 4.24. The van der Waals surface area contributed by atoms with E-state index in [-0.39, 0.29) is 25.0 Å². The van der Waals surface area contributed by atoms with Crippen LogP contribution in [0, 0.1) is 0 Å². The summed E-state index contributed by atoms with van der Waals surface area (Å²) in [7, 11) is 0. The van der Waals surface area contributed by atoms with Crippen LogP contribution in [0.5, 0.6) is 0 Å². The standard InChI is InChI=1S/C21H26N2O3/c1-17(21(26)22-14-15-24)23(16-19-10-6-3-7-11-19)20(25)13-12-18-8-4-2-5-9-18/h2-11,17,24H,12-16H2,1H3,(H,22,26). The minimum atomic E-state index is -0.606. The molecular formula is C21H26N2O3. The first-order valence-corrected chi connectivity index (χ1v) is 8.87. The highest BCUT2D eigenvalue weighted by Crippen LogP contribution is 2.13. The molecule has 0 fully saturated rings. The maximum Gasteiger partial charge on any atom is 0.242 e. The van der Waals surface area contributed by atoms with Gasteiger partial charge in [0.05, 0.1) is 6.61 Å². The topological polar surface area (TPSA) is 69.6 Å². The number of rotatable bonds is 9. The Labute approximate surface area is 154 Å². The molecule has 2 amide bonds. The van der Waals surface area contributed by atoms with E-state index in [1.165, 1.54) is 0 Å². The van der Waals surface area contributed by atoms with Gasteiger partial charge in [0.25, 0.3) is 0 Å². The molecule has 0 spiro atoms. The lowest BCUT2D eigenvalue weighted by Gasteiger charge is -2.29. The molecule has 2 aromatic carbocycles. The first kappa shape index (κ1) is 19.7.